The predicted molar refractivity (Wildman–Crippen MR) is 62.1 cm³/mol. The van der Waals surface area contributed by atoms with Crippen LogP contribution in [0.5, 0.6) is 0 Å². The van der Waals surface area contributed by atoms with E-state index in [-0.39, 0.29) is 0 Å². The lowest BCUT2D eigenvalue weighted by molar-refractivity contribution is 0.313. The van der Waals surface area contributed by atoms with Crippen LogP contribution in [0.25, 0.3) is 0 Å². The van der Waals surface area contributed by atoms with Crippen LogP contribution in [0, 0.1) is 28.6 Å². The topological polar surface area (TPSA) is 0 Å². The SMILES string of the molecule is CC(C)(C)C1=CC2C(C1)C2C(C)(C)C. The van der Waals surface area contributed by atoms with Crippen molar-refractivity contribution in [3.8, 4) is 0 Å². The van der Waals surface area contributed by atoms with Crippen molar-refractivity contribution in [1.82, 2.24) is 0 Å². The molecule has 14 heavy (non-hydrogen) atoms. The zero-order valence-corrected chi connectivity index (χ0v) is 10.5. The van der Waals surface area contributed by atoms with Gasteiger partial charge in [0.15, 0.2) is 0 Å². The van der Waals surface area contributed by atoms with Crippen molar-refractivity contribution in [2.45, 2.75) is 48.0 Å². The summed E-state index contributed by atoms with van der Waals surface area (Å²) in [6, 6.07) is 0. The fourth-order valence-electron chi connectivity index (χ4n) is 3.22. The number of hydrogen-bond donors (Lipinski definition) is 0. The van der Waals surface area contributed by atoms with E-state index in [1.165, 1.54) is 6.42 Å². The van der Waals surface area contributed by atoms with Crippen LogP contribution in [-0.2, 0) is 0 Å². The predicted octanol–water partition coefficient (Wildman–Crippen LogP) is 4.27. The first kappa shape index (κ1) is 10.3. The van der Waals surface area contributed by atoms with Crippen LogP contribution in [0.1, 0.15) is 48.0 Å². The van der Waals surface area contributed by atoms with Gasteiger partial charge in [-0.15, -0.1) is 0 Å². The first-order valence-corrected chi connectivity index (χ1v) is 5.92. The lowest BCUT2D eigenvalue weighted by Crippen LogP contribution is -2.15. The van der Waals surface area contributed by atoms with E-state index in [4.69, 9.17) is 0 Å². The Bertz CT molecular complexity index is 269. The molecule has 0 aliphatic heterocycles. The quantitative estimate of drug-likeness (QED) is 0.503. The third kappa shape index (κ3) is 1.53. The highest BCUT2D eigenvalue weighted by atomic mass is 14.6. The molecule has 80 valence electrons. The molecule has 2 rings (SSSR count). The second-order valence-corrected chi connectivity index (χ2v) is 7.28. The van der Waals surface area contributed by atoms with Crippen LogP contribution >= 0.6 is 0 Å². The fraction of sp³-hybridized carbons (Fsp3) is 0.857. The number of rotatable bonds is 0. The zero-order valence-electron chi connectivity index (χ0n) is 10.5. The third-order valence-electron chi connectivity index (χ3n) is 4.04. The van der Waals surface area contributed by atoms with Gasteiger partial charge in [0.2, 0.25) is 0 Å². The molecule has 0 nitrogen and oxygen atoms in total. The molecule has 2 aliphatic carbocycles. The highest BCUT2D eigenvalue weighted by Crippen LogP contribution is 2.64. The molecule has 3 unspecified atom stereocenters. The minimum absolute atomic E-state index is 0.413. The zero-order chi connectivity index (χ0) is 10.7. The van der Waals surface area contributed by atoms with E-state index in [1.807, 2.05) is 0 Å². The van der Waals surface area contributed by atoms with E-state index in [9.17, 15) is 0 Å². The van der Waals surface area contributed by atoms with Crippen molar-refractivity contribution in [2.24, 2.45) is 28.6 Å². The largest absolute Gasteiger partial charge is 0.0811 e. The molecule has 0 heteroatoms. The van der Waals surface area contributed by atoms with Gasteiger partial charge in [-0.05, 0) is 35.0 Å². The monoisotopic (exact) mass is 192 g/mol. The Balaban J connectivity index is 2.07. The van der Waals surface area contributed by atoms with Gasteiger partial charge < -0.3 is 0 Å². The maximum atomic E-state index is 2.58. The standard InChI is InChI=1S/C14H24/c1-13(2,3)9-7-10-11(8-9)12(10)14(4,5)6/h7,10-12H,8H2,1-6H3. The molecular weight excluding hydrogens is 168 g/mol. The van der Waals surface area contributed by atoms with Crippen molar-refractivity contribution in [1.29, 1.82) is 0 Å². The summed E-state index contributed by atoms with van der Waals surface area (Å²) in [5, 5.41) is 0. The lowest BCUT2D eigenvalue weighted by Gasteiger charge is -2.25. The smallest absolute Gasteiger partial charge is 0.0160 e. The molecule has 0 saturated heterocycles. The molecule has 0 spiro atoms. The van der Waals surface area contributed by atoms with Crippen molar-refractivity contribution >= 4 is 0 Å². The van der Waals surface area contributed by atoms with Crippen LogP contribution < -0.4 is 0 Å². The van der Waals surface area contributed by atoms with Crippen molar-refractivity contribution < 1.29 is 0 Å². The molecule has 0 N–H and O–H groups in total. The maximum Gasteiger partial charge on any atom is -0.0160 e. The van der Waals surface area contributed by atoms with Gasteiger partial charge in [-0.1, -0.05) is 53.2 Å². The van der Waals surface area contributed by atoms with Gasteiger partial charge in [0, 0.05) is 0 Å². The molecular formula is C14H24. The molecule has 0 amide bonds. The number of hydrogen-bond acceptors (Lipinski definition) is 0. The van der Waals surface area contributed by atoms with E-state index >= 15 is 0 Å². The minimum Gasteiger partial charge on any atom is -0.0811 e. The number of allylic oxidation sites excluding steroid dienone is 2. The number of fused-ring (bicyclic) bond motifs is 1. The second-order valence-electron chi connectivity index (χ2n) is 7.28. The van der Waals surface area contributed by atoms with Crippen LogP contribution in [0.3, 0.4) is 0 Å². The maximum absolute atomic E-state index is 2.58. The Hall–Kier alpha value is -0.260. The normalized spacial score (nSPS) is 36.7. The second kappa shape index (κ2) is 2.65. The summed E-state index contributed by atoms with van der Waals surface area (Å²) in [6.07, 6.45) is 3.96. The summed E-state index contributed by atoms with van der Waals surface area (Å²) in [7, 11) is 0. The van der Waals surface area contributed by atoms with E-state index in [0.29, 0.717) is 10.8 Å². The van der Waals surface area contributed by atoms with Crippen molar-refractivity contribution in [3.63, 3.8) is 0 Å². The molecule has 0 heterocycles. The van der Waals surface area contributed by atoms with E-state index in [1.54, 1.807) is 5.57 Å². The Labute approximate surface area is 88.8 Å². The fourth-order valence-corrected chi connectivity index (χ4v) is 3.22. The molecule has 0 aromatic heterocycles. The van der Waals surface area contributed by atoms with E-state index in [2.05, 4.69) is 47.6 Å². The molecule has 0 aromatic carbocycles. The van der Waals surface area contributed by atoms with Crippen LogP contribution in [0.15, 0.2) is 11.6 Å². The average molecular weight is 192 g/mol. The van der Waals surface area contributed by atoms with Crippen LogP contribution in [0.2, 0.25) is 0 Å². The first-order valence-electron chi connectivity index (χ1n) is 5.92. The summed E-state index contributed by atoms with van der Waals surface area (Å²) >= 11 is 0. The Morgan fingerprint density at radius 1 is 1.07 bits per heavy atom. The van der Waals surface area contributed by atoms with Gasteiger partial charge >= 0.3 is 0 Å². The highest BCUT2D eigenvalue weighted by Gasteiger charge is 2.57. The molecule has 0 bridgehead atoms. The van der Waals surface area contributed by atoms with Crippen LogP contribution in [-0.4, -0.2) is 0 Å². The third-order valence-corrected chi connectivity index (χ3v) is 4.04. The lowest BCUT2D eigenvalue weighted by atomic mass is 9.80. The van der Waals surface area contributed by atoms with Gasteiger partial charge in [0.1, 0.15) is 0 Å². The van der Waals surface area contributed by atoms with Gasteiger partial charge in [-0.2, -0.15) is 0 Å². The van der Waals surface area contributed by atoms with E-state index < -0.39 is 0 Å². The summed E-state index contributed by atoms with van der Waals surface area (Å²) in [6.45, 7) is 14.2. The summed E-state index contributed by atoms with van der Waals surface area (Å²) < 4.78 is 0. The van der Waals surface area contributed by atoms with Crippen LogP contribution in [0.4, 0.5) is 0 Å². The van der Waals surface area contributed by atoms with E-state index in [0.717, 1.165) is 17.8 Å². The van der Waals surface area contributed by atoms with Gasteiger partial charge in [-0.25, -0.2) is 0 Å². The summed E-state index contributed by atoms with van der Waals surface area (Å²) in [5.74, 6) is 2.88. The van der Waals surface area contributed by atoms with Gasteiger partial charge in [-0.3, -0.25) is 0 Å². The molecule has 1 saturated carbocycles. The minimum atomic E-state index is 0.413. The van der Waals surface area contributed by atoms with Crippen molar-refractivity contribution in [2.75, 3.05) is 0 Å². The summed E-state index contributed by atoms with van der Waals surface area (Å²) in [4.78, 5) is 0. The Morgan fingerprint density at radius 3 is 1.93 bits per heavy atom. The molecule has 1 fully saturated rings. The van der Waals surface area contributed by atoms with Gasteiger partial charge in [0.25, 0.3) is 0 Å². The Morgan fingerprint density at radius 2 is 1.64 bits per heavy atom. The van der Waals surface area contributed by atoms with Crippen molar-refractivity contribution in [3.05, 3.63) is 11.6 Å². The molecule has 0 aromatic rings. The average Bonchev–Trinajstić information content (AvgIpc) is 2.46. The highest BCUT2D eigenvalue weighted by molar-refractivity contribution is 5.29. The molecule has 3 atom stereocenters. The molecule has 0 radical (unpaired) electrons. The van der Waals surface area contributed by atoms with Gasteiger partial charge in [0.05, 0.1) is 0 Å². The summed E-state index contributed by atoms with van der Waals surface area (Å²) in [5.41, 5.74) is 2.64. The first-order chi connectivity index (χ1) is 6.21. The Kier molecular flexibility index (Phi) is 1.94. The molecule has 2 aliphatic rings.